The minimum absolute atomic E-state index is 0.0521. The zero-order valence-corrected chi connectivity index (χ0v) is 11.2. The van der Waals surface area contributed by atoms with Crippen LogP contribution in [0.1, 0.15) is 46.0 Å². The van der Waals surface area contributed by atoms with Crippen molar-refractivity contribution in [2.45, 2.75) is 46.0 Å². The van der Waals surface area contributed by atoms with Gasteiger partial charge in [0.25, 0.3) is 0 Å². The van der Waals surface area contributed by atoms with E-state index in [1.807, 2.05) is 0 Å². The third-order valence-corrected chi connectivity index (χ3v) is 4.36. The molecule has 0 heterocycles. The topological polar surface area (TPSA) is 66.4 Å². The second kappa shape index (κ2) is 4.90. The van der Waals surface area contributed by atoms with E-state index < -0.39 is 11.9 Å². The first-order valence-corrected chi connectivity index (χ1v) is 6.94. The molecule has 0 bridgehead atoms. The van der Waals surface area contributed by atoms with Gasteiger partial charge in [-0.1, -0.05) is 13.8 Å². The predicted octanol–water partition coefficient (Wildman–Crippen LogP) is 2.04. The van der Waals surface area contributed by atoms with Crippen LogP contribution in [-0.4, -0.2) is 23.5 Å². The molecule has 2 atom stereocenters. The first-order chi connectivity index (χ1) is 8.43. The van der Waals surface area contributed by atoms with Crippen molar-refractivity contribution in [3.8, 4) is 0 Å². The van der Waals surface area contributed by atoms with Crippen molar-refractivity contribution in [3.05, 3.63) is 0 Å². The first kappa shape index (κ1) is 13.4. The SMILES string of the molecule is CC(C)CC1(CNC(=O)C2CCC2C(=O)O)CC1. The Morgan fingerprint density at radius 3 is 2.28 bits per heavy atom. The maximum absolute atomic E-state index is 11.9. The lowest BCUT2D eigenvalue weighted by Gasteiger charge is -2.32. The van der Waals surface area contributed by atoms with Crippen LogP contribution >= 0.6 is 0 Å². The van der Waals surface area contributed by atoms with Crippen molar-refractivity contribution < 1.29 is 14.7 Å². The van der Waals surface area contributed by atoms with Gasteiger partial charge in [0.1, 0.15) is 0 Å². The zero-order chi connectivity index (χ0) is 13.3. The third-order valence-electron chi connectivity index (χ3n) is 4.36. The molecule has 0 aliphatic heterocycles. The van der Waals surface area contributed by atoms with Crippen LogP contribution in [0.5, 0.6) is 0 Å². The molecular weight excluding hydrogens is 230 g/mol. The molecule has 2 unspecified atom stereocenters. The monoisotopic (exact) mass is 253 g/mol. The van der Waals surface area contributed by atoms with Gasteiger partial charge in [-0.3, -0.25) is 9.59 Å². The van der Waals surface area contributed by atoms with Crippen LogP contribution in [-0.2, 0) is 9.59 Å². The molecule has 4 nitrogen and oxygen atoms in total. The van der Waals surface area contributed by atoms with Crippen molar-refractivity contribution in [1.82, 2.24) is 5.32 Å². The number of carboxylic acid groups (broad SMARTS) is 1. The fraction of sp³-hybridized carbons (Fsp3) is 0.857. The summed E-state index contributed by atoms with van der Waals surface area (Å²) in [4.78, 5) is 22.8. The van der Waals surface area contributed by atoms with Gasteiger partial charge in [0.15, 0.2) is 0 Å². The highest BCUT2D eigenvalue weighted by Gasteiger charge is 2.45. The highest BCUT2D eigenvalue weighted by Crippen LogP contribution is 2.50. The van der Waals surface area contributed by atoms with E-state index in [9.17, 15) is 9.59 Å². The van der Waals surface area contributed by atoms with Gasteiger partial charge in [0.05, 0.1) is 11.8 Å². The van der Waals surface area contributed by atoms with E-state index in [0.717, 1.165) is 19.4 Å². The zero-order valence-electron chi connectivity index (χ0n) is 11.2. The van der Waals surface area contributed by atoms with Crippen molar-refractivity contribution in [3.63, 3.8) is 0 Å². The lowest BCUT2D eigenvalue weighted by Crippen LogP contribution is -2.45. The molecule has 2 saturated carbocycles. The quantitative estimate of drug-likeness (QED) is 0.761. The average Bonchev–Trinajstić information content (AvgIpc) is 2.91. The molecule has 0 spiro atoms. The Kier molecular flexibility index (Phi) is 3.64. The molecule has 2 aliphatic rings. The Morgan fingerprint density at radius 1 is 1.28 bits per heavy atom. The minimum Gasteiger partial charge on any atom is -0.481 e. The van der Waals surface area contributed by atoms with Crippen LogP contribution in [0.3, 0.4) is 0 Å². The molecule has 0 aromatic rings. The molecule has 2 N–H and O–H groups in total. The smallest absolute Gasteiger partial charge is 0.307 e. The van der Waals surface area contributed by atoms with Crippen LogP contribution in [0, 0.1) is 23.2 Å². The molecule has 0 aromatic carbocycles. The third kappa shape index (κ3) is 2.85. The molecule has 102 valence electrons. The Labute approximate surface area is 108 Å². The van der Waals surface area contributed by atoms with Crippen molar-refractivity contribution >= 4 is 11.9 Å². The van der Waals surface area contributed by atoms with E-state index in [4.69, 9.17) is 5.11 Å². The minimum atomic E-state index is -0.829. The molecule has 0 aromatic heterocycles. The highest BCUT2D eigenvalue weighted by molar-refractivity contribution is 5.86. The Morgan fingerprint density at radius 2 is 1.89 bits per heavy atom. The van der Waals surface area contributed by atoms with E-state index in [2.05, 4.69) is 19.2 Å². The van der Waals surface area contributed by atoms with Crippen molar-refractivity contribution in [1.29, 1.82) is 0 Å². The van der Waals surface area contributed by atoms with Gasteiger partial charge in [-0.2, -0.15) is 0 Å². The molecular formula is C14H23NO3. The van der Waals surface area contributed by atoms with Gasteiger partial charge < -0.3 is 10.4 Å². The van der Waals surface area contributed by atoms with Gasteiger partial charge in [-0.25, -0.2) is 0 Å². The van der Waals surface area contributed by atoms with Crippen LogP contribution in [0.2, 0.25) is 0 Å². The molecule has 2 aliphatic carbocycles. The molecule has 18 heavy (non-hydrogen) atoms. The van der Waals surface area contributed by atoms with Crippen LogP contribution in [0.4, 0.5) is 0 Å². The van der Waals surface area contributed by atoms with Crippen molar-refractivity contribution in [2.75, 3.05) is 6.54 Å². The molecule has 0 radical (unpaired) electrons. The maximum Gasteiger partial charge on any atom is 0.307 e. The average molecular weight is 253 g/mol. The fourth-order valence-corrected chi connectivity index (χ4v) is 3.01. The van der Waals surface area contributed by atoms with Crippen LogP contribution in [0.25, 0.3) is 0 Å². The summed E-state index contributed by atoms with van der Waals surface area (Å²) in [5.41, 5.74) is 0.312. The number of amides is 1. The molecule has 4 heteroatoms. The lowest BCUT2D eigenvalue weighted by atomic mass is 9.73. The number of carbonyl (C=O) groups excluding carboxylic acids is 1. The van der Waals surface area contributed by atoms with Crippen molar-refractivity contribution in [2.24, 2.45) is 23.2 Å². The number of hydrogen-bond donors (Lipinski definition) is 2. The maximum atomic E-state index is 11.9. The van der Waals surface area contributed by atoms with Gasteiger partial charge >= 0.3 is 5.97 Å². The summed E-state index contributed by atoms with van der Waals surface area (Å²) in [6, 6.07) is 0. The summed E-state index contributed by atoms with van der Waals surface area (Å²) >= 11 is 0. The summed E-state index contributed by atoms with van der Waals surface area (Å²) < 4.78 is 0. The largest absolute Gasteiger partial charge is 0.481 e. The number of rotatable bonds is 6. The van der Waals surface area contributed by atoms with Gasteiger partial charge in [-0.15, -0.1) is 0 Å². The fourth-order valence-electron chi connectivity index (χ4n) is 3.01. The summed E-state index contributed by atoms with van der Waals surface area (Å²) in [6.07, 6.45) is 4.90. The number of nitrogens with one attached hydrogen (secondary N) is 1. The number of carbonyl (C=O) groups is 2. The second-order valence-electron chi connectivity index (χ2n) is 6.44. The summed E-state index contributed by atoms with van der Waals surface area (Å²) in [5, 5.41) is 11.9. The Bertz CT molecular complexity index is 347. The number of aliphatic carboxylic acids is 1. The number of carboxylic acids is 1. The van der Waals surface area contributed by atoms with Gasteiger partial charge in [0, 0.05) is 6.54 Å². The van der Waals surface area contributed by atoms with E-state index in [0.29, 0.717) is 17.8 Å². The molecule has 0 saturated heterocycles. The van der Waals surface area contributed by atoms with Crippen LogP contribution < -0.4 is 5.32 Å². The Balaban J connectivity index is 1.77. The highest BCUT2D eigenvalue weighted by atomic mass is 16.4. The van der Waals surface area contributed by atoms with E-state index in [1.54, 1.807) is 0 Å². The predicted molar refractivity (Wildman–Crippen MR) is 68.0 cm³/mol. The van der Waals surface area contributed by atoms with E-state index in [1.165, 1.54) is 12.8 Å². The summed E-state index contributed by atoms with van der Waals surface area (Å²) in [6.45, 7) is 5.13. The normalized spacial score (nSPS) is 28.6. The van der Waals surface area contributed by atoms with Gasteiger partial charge in [-0.05, 0) is 43.4 Å². The molecule has 2 fully saturated rings. The first-order valence-electron chi connectivity index (χ1n) is 6.94. The lowest BCUT2D eigenvalue weighted by molar-refractivity contribution is -0.152. The summed E-state index contributed by atoms with van der Waals surface area (Å²) in [5.74, 6) is -0.976. The standard InChI is InChI=1S/C14H23NO3/c1-9(2)7-14(5-6-14)8-15-12(16)10-3-4-11(10)13(17)18/h9-11H,3-8H2,1-2H3,(H,15,16)(H,17,18). The number of hydrogen-bond acceptors (Lipinski definition) is 2. The molecule has 2 rings (SSSR count). The summed E-state index contributed by atoms with van der Waals surface area (Å²) in [7, 11) is 0. The van der Waals surface area contributed by atoms with Crippen LogP contribution in [0.15, 0.2) is 0 Å². The molecule has 1 amide bonds. The Hall–Kier alpha value is -1.06. The van der Waals surface area contributed by atoms with Gasteiger partial charge in [0.2, 0.25) is 5.91 Å². The second-order valence-corrected chi connectivity index (χ2v) is 6.44. The van der Waals surface area contributed by atoms with E-state index >= 15 is 0 Å². The van der Waals surface area contributed by atoms with E-state index in [-0.39, 0.29) is 11.8 Å².